The lowest BCUT2D eigenvalue weighted by Crippen LogP contribution is -2.80. The van der Waals surface area contributed by atoms with E-state index >= 15 is 0 Å². The summed E-state index contributed by atoms with van der Waals surface area (Å²) in [4.78, 5) is 0. The van der Waals surface area contributed by atoms with Crippen LogP contribution in [0.1, 0.15) is 0 Å². The highest BCUT2D eigenvalue weighted by atomic mass is 19.4. The number of hydrogen-bond donors (Lipinski definition) is 0. The van der Waals surface area contributed by atoms with Gasteiger partial charge >= 0.3 is 113 Å². The van der Waals surface area contributed by atoms with E-state index in [0.717, 1.165) is 0 Å². The first-order chi connectivity index (χ1) is 24.5. The molecule has 40 heteroatoms. The third kappa shape index (κ3) is 6.17. The zero-order valence-electron chi connectivity index (χ0n) is 24.6. The maximum absolute atomic E-state index is 13.9. The lowest BCUT2D eigenvalue weighted by atomic mass is 9.82. The highest BCUT2D eigenvalue weighted by Crippen LogP contribution is 2.71. The second kappa shape index (κ2) is 13.1. The van der Waals surface area contributed by atoms with E-state index in [2.05, 4.69) is 0 Å². The highest BCUT2D eigenvalue weighted by Gasteiger charge is 3.03. The van der Waals surface area contributed by atoms with E-state index in [9.17, 15) is 176 Å². The molecule has 0 N–H and O–H groups in total. The summed E-state index contributed by atoms with van der Waals surface area (Å²) in [5, 5.41) is 9.73. The Morgan fingerprint density at radius 1 is 0.136 bits per heavy atom. The molecule has 0 bridgehead atoms. The van der Waals surface area contributed by atoms with Crippen LogP contribution in [0.15, 0.2) is 0 Å². The minimum Gasteiger partial charge on any atom is -0.192 e. The first-order valence-electron chi connectivity index (χ1n) is 12.1. The van der Waals surface area contributed by atoms with Crippen LogP contribution in [0.5, 0.6) is 0 Å². The first kappa shape index (κ1) is 56.2. The number of hydrogen-bond acceptors (Lipinski definition) is 0. The maximum atomic E-state index is 13.9. The van der Waals surface area contributed by atoms with Crippen LogP contribution < -0.4 is 0 Å². The lowest BCUT2D eigenvalue weighted by molar-refractivity contribution is -0.498. The van der Waals surface area contributed by atoms with E-state index in [0.29, 0.717) is 0 Å². The predicted octanol–water partition coefficient (Wildman–Crippen LogP) is 12.4. The second-order valence-corrected chi connectivity index (χ2v) is 10.8. The first-order valence-corrected chi connectivity index (χ1v) is 12.1. The van der Waals surface area contributed by atoms with Crippen molar-refractivity contribution >= 4 is 0 Å². The summed E-state index contributed by atoms with van der Waals surface area (Å²) in [5.74, 6) is -171. The third-order valence-corrected chi connectivity index (χ3v) is 7.03. The summed E-state index contributed by atoms with van der Waals surface area (Å²) >= 11 is 0. The fourth-order valence-electron chi connectivity index (χ4n) is 3.32. The molecule has 0 aliphatic carbocycles. The Balaban J connectivity index is 7.92. The fourth-order valence-corrected chi connectivity index (χ4v) is 3.32. The average Bonchev–Trinajstić information content (AvgIpc) is 2.98. The van der Waals surface area contributed by atoms with Crippen LogP contribution in [0.4, 0.5) is 171 Å². The Morgan fingerprint density at radius 3 is 0.305 bits per heavy atom. The molecule has 0 aliphatic heterocycles. The van der Waals surface area contributed by atoms with Crippen LogP contribution in [0.25, 0.3) is 0 Å². The van der Waals surface area contributed by atoms with Crippen LogP contribution in [0.2, 0.25) is 0 Å². The van der Waals surface area contributed by atoms with Crippen molar-refractivity contribution in [3.8, 4) is 0 Å². The van der Waals surface area contributed by atoms with Gasteiger partial charge in [0.2, 0.25) is 0 Å². The van der Waals surface area contributed by atoms with Crippen molar-refractivity contribution < 1.29 is 176 Å². The molecule has 0 aromatic heterocycles. The van der Waals surface area contributed by atoms with E-state index in [4.69, 9.17) is 0 Å². The molecule has 0 saturated heterocycles. The molecule has 1 radical (unpaired) electrons. The monoisotopic (exact) mass is 985 g/mol. The van der Waals surface area contributed by atoms with Gasteiger partial charge in [0.25, 0.3) is 0 Å². The minimum atomic E-state index is -10.5. The summed E-state index contributed by atoms with van der Waals surface area (Å²) in [7, 11) is 0. The minimum absolute atomic E-state index is 8.25. The summed E-state index contributed by atoms with van der Waals surface area (Å²) in [5.41, 5.74) is 0. The SMILES string of the molecule is [O]C(F)(F)C(F)(F)C(F)(F)C(F)(F)C(F)(F)C(F)(F)C(F)(F)C(F)(F)C(F)(F)C(F)(F)C(F)(F)C(F)(F)C(F)(F)C(F)(F)C(F)(F)C(F)(F)C(F)(F)C(F)(F)C(F)(F)F. The quantitative estimate of drug-likeness (QED) is 0.129. The molecule has 0 unspecified atom stereocenters. The van der Waals surface area contributed by atoms with Crippen molar-refractivity contribution in [1.29, 1.82) is 0 Å². The van der Waals surface area contributed by atoms with Gasteiger partial charge in [-0.3, -0.25) is 0 Å². The van der Waals surface area contributed by atoms with Gasteiger partial charge in [0.15, 0.2) is 0 Å². The van der Waals surface area contributed by atoms with Crippen molar-refractivity contribution in [2.75, 3.05) is 0 Å². The Kier molecular flexibility index (Phi) is 12.5. The molecule has 0 aromatic carbocycles. The number of rotatable bonds is 17. The van der Waals surface area contributed by atoms with Crippen molar-refractivity contribution in [3.63, 3.8) is 0 Å². The molecular formula is C19F39O. The molecule has 0 spiro atoms. The van der Waals surface area contributed by atoms with Crippen molar-refractivity contribution in [1.82, 2.24) is 0 Å². The van der Waals surface area contributed by atoms with Gasteiger partial charge in [-0.1, -0.05) is 0 Å². The number of alkyl halides is 39. The molecule has 0 rings (SSSR count). The predicted molar refractivity (Wildman–Crippen MR) is 95.8 cm³/mol. The second-order valence-electron chi connectivity index (χ2n) is 10.8. The molecule has 0 heterocycles. The van der Waals surface area contributed by atoms with Crippen LogP contribution >= 0.6 is 0 Å². The molecule has 0 amide bonds. The van der Waals surface area contributed by atoms with Gasteiger partial charge in [-0.15, -0.1) is 0 Å². The summed E-state index contributed by atoms with van der Waals surface area (Å²) in [6.45, 7) is 0. The van der Waals surface area contributed by atoms with Crippen molar-refractivity contribution in [2.24, 2.45) is 0 Å². The van der Waals surface area contributed by atoms with Gasteiger partial charge in [0.05, 0.1) is 0 Å². The van der Waals surface area contributed by atoms with Gasteiger partial charge in [-0.2, -0.15) is 176 Å². The van der Waals surface area contributed by atoms with Gasteiger partial charge in [0, 0.05) is 0 Å². The smallest absolute Gasteiger partial charge is 0.192 e. The Bertz CT molecular complexity index is 1420. The van der Waals surface area contributed by atoms with Gasteiger partial charge in [0.1, 0.15) is 0 Å². The summed E-state index contributed by atoms with van der Waals surface area (Å²) < 4.78 is 520. The summed E-state index contributed by atoms with van der Waals surface area (Å²) in [6.07, 6.45) is -16.8. The van der Waals surface area contributed by atoms with E-state index in [1.165, 1.54) is 0 Å². The molecule has 0 aromatic rings. The van der Waals surface area contributed by atoms with Gasteiger partial charge in [-0.25, -0.2) is 0 Å². The van der Waals surface area contributed by atoms with Crippen LogP contribution in [-0.2, 0) is 5.11 Å². The third-order valence-electron chi connectivity index (χ3n) is 7.03. The van der Waals surface area contributed by atoms with E-state index in [1.807, 2.05) is 0 Å². The molecule has 59 heavy (non-hydrogen) atoms. The zero-order valence-corrected chi connectivity index (χ0v) is 24.6. The molecule has 0 fully saturated rings. The molecular weight excluding hydrogens is 985 g/mol. The zero-order chi connectivity index (χ0) is 49.5. The Morgan fingerprint density at radius 2 is 0.220 bits per heavy atom. The molecule has 1 nitrogen and oxygen atoms in total. The normalized spacial score (nSPS) is 17.5. The topological polar surface area (TPSA) is 19.9 Å². The van der Waals surface area contributed by atoms with E-state index < -0.39 is 113 Å². The molecule has 0 saturated carbocycles. The molecule has 355 valence electrons. The largest absolute Gasteiger partial charge is 0.460 e. The van der Waals surface area contributed by atoms with Crippen molar-refractivity contribution in [2.45, 2.75) is 113 Å². The van der Waals surface area contributed by atoms with Gasteiger partial charge in [-0.05, 0) is 0 Å². The average molecular weight is 985 g/mol. The van der Waals surface area contributed by atoms with Crippen LogP contribution in [0.3, 0.4) is 0 Å². The fraction of sp³-hybridized carbons (Fsp3) is 1.00. The summed E-state index contributed by atoms with van der Waals surface area (Å²) in [6, 6.07) is 0. The van der Waals surface area contributed by atoms with E-state index in [-0.39, 0.29) is 0 Å². The standard InChI is InChI=1S/C19F39O/c20-1(21,2(22,23)4(26,27)6(30,31)8(34,35)10(38,39)12(42,43)14(46,47)16(50,51)18(54,55)56)3(24,25)5(28,29)7(32,33)9(36,37)11(40,41)13(44,45)15(48,49)17(52,53)19(57,58)59. The molecule has 0 aliphatic rings. The molecule has 0 atom stereocenters. The van der Waals surface area contributed by atoms with Crippen LogP contribution in [-0.4, -0.2) is 113 Å². The Labute approximate surface area is 291 Å². The van der Waals surface area contributed by atoms with Gasteiger partial charge < -0.3 is 0 Å². The van der Waals surface area contributed by atoms with Crippen LogP contribution in [0, 0.1) is 0 Å². The lowest BCUT2D eigenvalue weighted by Gasteiger charge is -2.47. The van der Waals surface area contributed by atoms with Crippen molar-refractivity contribution in [3.05, 3.63) is 0 Å². The Hall–Kier alpha value is -2.77. The van der Waals surface area contributed by atoms with E-state index in [1.54, 1.807) is 0 Å². The number of halogens is 39. The maximum Gasteiger partial charge on any atom is 0.460 e. The highest BCUT2D eigenvalue weighted by molar-refractivity contribution is 5.23.